The third-order valence-electron chi connectivity index (χ3n) is 4.92. The van der Waals surface area contributed by atoms with E-state index >= 15 is 0 Å². The molecule has 1 aromatic heterocycles. The van der Waals surface area contributed by atoms with E-state index in [-0.39, 0.29) is 11.8 Å². The molecule has 0 fully saturated rings. The van der Waals surface area contributed by atoms with Crippen molar-refractivity contribution in [3.63, 3.8) is 0 Å². The minimum absolute atomic E-state index is 0.0725. The summed E-state index contributed by atoms with van der Waals surface area (Å²) in [6.07, 6.45) is 9.99. The molecule has 0 aliphatic heterocycles. The zero-order valence-electron chi connectivity index (χ0n) is 16.9. The highest BCUT2D eigenvalue weighted by molar-refractivity contribution is 7.13. The molecule has 2 amide bonds. The third-order valence-corrected chi connectivity index (χ3v) is 5.90. The molecule has 1 heterocycles. The predicted molar refractivity (Wildman–Crippen MR) is 116 cm³/mol. The number of hydrogen-bond donors (Lipinski definition) is 2. The number of carbonyl (C=O) groups is 2. The fourth-order valence-electron chi connectivity index (χ4n) is 3.25. The molecular weight excluding hydrogens is 384 g/mol. The molecule has 1 aliphatic rings. The van der Waals surface area contributed by atoms with Crippen LogP contribution in [0.1, 0.15) is 65.3 Å². The van der Waals surface area contributed by atoms with Gasteiger partial charge in [0.2, 0.25) is 10.9 Å². The van der Waals surface area contributed by atoms with E-state index in [4.69, 9.17) is 0 Å². The van der Waals surface area contributed by atoms with Gasteiger partial charge in [0.05, 0.1) is 0 Å². The first-order chi connectivity index (χ1) is 14.1. The van der Waals surface area contributed by atoms with Crippen LogP contribution in [0.5, 0.6) is 0 Å². The van der Waals surface area contributed by atoms with E-state index in [1.807, 2.05) is 31.2 Å². The third kappa shape index (κ3) is 7.09. The smallest absolute Gasteiger partial charge is 0.286 e. The van der Waals surface area contributed by atoms with Crippen LogP contribution in [0.2, 0.25) is 0 Å². The van der Waals surface area contributed by atoms with Crippen molar-refractivity contribution in [2.24, 2.45) is 0 Å². The van der Waals surface area contributed by atoms with E-state index in [2.05, 4.69) is 26.9 Å². The highest BCUT2D eigenvalue weighted by Gasteiger charge is 2.13. The molecule has 2 N–H and O–H groups in total. The number of amides is 2. The number of allylic oxidation sites excluding steroid dienone is 1. The van der Waals surface area contributed by atoms with E-state index in [0.29, 0.717) is 30.8 Å². The van der Waals surface area contributed by atoms with Crippen molar-refractivity contribution in [3.8, 4) is 0 Å². The Hall–Kier alpha value is -2.54. The number of nitrogens with zero attached hydrogens (tertiary/aromatic N) is 2. The first-order valence-corrected chi connectivity index (χ1v) is 11.1. The van der Waals surface area contributed by atoms with Gasteiger partial charge < -0.3 is 10.6 Å². The number of aryl methyl sites for hydroxylation is 2. The van der Waals surface area contributed by atoms with Gasteiger partial charge in [0.15, 0.2) is 0 Å². The fourth-order valence-corrected chi connectivity index (χ4v) is 4.03. The van der Waals surface area contributed by atoms with Crippen molar-refractivity contribution in [1.29, 1.82) is 0 Å². The molecule has 0 saturated carbocycles. The number of aromatic nitrogens is 2. The quantitative estimate of drug-likeness (QED) is 0.597. The molecule has 0 saturated heterocycles. The zero-order chi connectivity index (χ0) is 20.5. The Kier molecular flexibility index (Phi) is 7.93. The summed E-state index contributed by atoms with van der Waals surface area (Å²) in [6.45, 7) is 2.71. The van der Waals surface area contributed by atoms with Gasteiger partial charge in [-0.3, -0.25) is 9.59 Å². The standard InChI is InChI=1S/C22H28N4O2S/c1-16-10-12-18(13-11-16)24-21(28)22-26-25-20(29-22)9-5-8-19(27)23-15-14-17-6-3-2-4-7-17/h6,10-13H,2-5,7-9,14-15H2,1H3,(H,23,27)(H,24,28). The largest absolute Gasteiger partial charge is 0.356 e. The van der Waals surface area contributed by atoms with Gasteiger partial charge in [0.1, 0.15) is 5.01 Å². The van der Waals surface area contributed by atoms with Crippen molar-refractivity contribution in [2.75, 3.05) is 11.9 Å². The second-order valence-electron chi connectivity index (χ2n) is 7.38. The number of carbonyl (C=O) groups excluding carboxylic acids is 2. The van der Waals surface area contributed by atoms with Crippen molar-refractivity contribution in [2.45, 2.75) is 58.3 Å². The van der Waals surface area contributed by atoms with Crippen LogP contribution in [-0.2, 0) is 11.2 Å². The average Bonchev–Trinajstić information content (AvgIpc) is 3.20. The Balaban J connectivity index is 1.35. The summed E-state index contributed by atoms with van der Waals surface area (Å²) in [4.78, 5) is 24.3. The molecule has 1 aromatic carbocycles. The van der Waals surface area contributed by atoms with Crippen LogP contribution in [0.4, 0.5) is 5.69 Å². The van der Waals surface area contributed by atoms with E-state index in [0.717, 1.165) is 22.7 Å². The lowest BCUT2D eigenvalue weighted by Gasteiger charge is -2.12. The Bertz CT molecular complexity index is 858. The number of benzene rings is 1. The van der Waals surface area contributed by atoms with Gasteiger partial charge in [-0.25, -0.2) is 0 Å². The minimum atomic E-state index is -0.257. The van der Waals surface area contributed by atoms with E-state index in [1.54, 1.807) is 0 Å². The van der Waals surface area contributed by atoms with Crippen molar-refractivity contribution < 1.29 is 9.59 Å². The first-order valence-electron chi connectivity index (χ1n) is 10.2. The van der Waals surface area contributed by atoms with Gasteiger partial charge in [-0.1, -0.05) is 40.7 Å². The maximum Gasteiger partial charge on any atom is 0.286 e. The van der Waals surface area contributed by atoms with Crippen molar-refractivity contribution >= 4 is 28.8 Å². The summed E-state index contributed by atoms with van der Waals surface area (Å²) in [5.74, 6) is -0.185. The summed E-state index contributed by atoms with van der Waals surface area (Å²) in [5.41, 5.74) is 3.34. The lowest BCUT2D eigenvalue weighted by atomic mass is 9.97. The molecule has 0 atom stereocenters. The number of hydrogen-bond acceptors (Lipinski definition) is 5. The molecule has 29 heavy (non-hydrogen) atoms. The molecule has 0 spiro atoms. The highest BCUT2D eigenvalue weighted by atomic mass is 32.1. The first kappa shape index (κ1) is 21.2. The maximum atomic E-state index is 12.3. The normalized spacial score (nSPS) is 13.6. The van der Waals surface area contributed by atoms with E-state index in [9.17, 15) is 9.59 Å². The van der Waals surface area contributed by atoms with Gasteiger partial charge in [0.25, 0.3) is 5.91 Å². The van der Waals surface area contributed by atoms with Crippen LogP contribution >= 0.6 is 11.3 Å². The minimum Gasteiger partial charge on any atom is -0.356 e. The fraction of sp³-hybridized carbons (Fsp3) is 0.455. The van der Waals surface area contributed by atoms with Gasteiger partial charge in [-0.15, -0.1) is 10.2 Å². The van der Waals surface area contributed by atoms with Crippen LogP contribution in [0.25, 0.3) is 0 Å². The lowest BCUT2D eigenvalue weighted by molar-refractivity contribution is -0.121. The van der Waals surface area contributed by atoms with E-state index in [1.165, 1.54) is 42.6 Å². The predicted octanol–water partition coefficient (Wildman–Crippen LogP) is 4.43. The summed E-state index contributed by atoms with van der Waals surface area (Å²) < 4.78 is 0. The zero-order valence-corrected chi connectivity index (χ0v) is 17.7. The highest BCUT2D eigenvalue weighted by Crippen LogP contribution is 2.19. The molecule has 3 rings (SSSR count). The Morgan fingerprint density at radius 3 is 2.69 bits per heavy atom. The van der Waals surface area contributed by atoms with Gasteiger partial charge >= 0.3 is 0 Å². The summed E-state index contributed by atoms with van der Waals surface area (Å²) >= 11 is 1.28. The van der Waals surface area contributed by atoms with Gasteiger partial charge in [-0.05, 0) is 57.6 Å². The number of anilines is 1. The van der Waals surface area contributed by atoms with Crippen LogP contribution in [0.15, 0.2) is 35.9 Å². The number of nitrogens with one attached hydrogen (secondary N) is 2. The van der Waals surface area contributed by atoms with Crippen LogP contribution in [-0.4, -0.2) is 28.6 Å². The molecule has 0 bridgehead atoms. The molecule has 1 aliphatic carbocycles. The van der Waals surface area contributed by atoms with Crippen molar-refractivity contribution in [3.05, 3.63) is 51.5 Å². The van der Waals surface area contributed by atoms with Gasteiger partial charge in [-0.2, -0.15) is 0 Å². The molecule has 7 heteroatoms. The Morgan fingerprint density at radius 2 is 1.93 bits per heavy atom. The van der Waals surface area contributed by atoms with Crippen LogP contribution in [0.3, 0.4) is 0 Å². The molecular formula is C22H28N4O2S. The average molecular weight is 413 g/mol. The van der Waals surface area contributed by atoms with Crippen LogP contribution < -0.4 is 10.6 Å². The molecule has 2 aromatic rings. The van der Waals surface area contributed by atoms with E-state index < -0.39 is 0 Å². The van der Waals surface area contributed by atoms with Gasteiger partial charge in [0, 0.05) is 25.1 Å². The second kappa shape index (κ2) is 10.9. The topological polar surface area (TPSA) is 84.0 Å². The van der Waals surface area contributed by atoms with Crippen molar-refractivity contribution in [1.82, 2.24) is 15.5 Å². The molecule has 6 nitrogen and oxygen atoms in total. The Labute approximate surface area is 175 Å². The summed E-state index contributed by atoms with van der Waals surface area (Å²) in [7, 11) is 0. The molecule has 0 radical (unpaired) electrons. The summed E-state index contributed by atoms with van der Waals surface area (Å²) in [5, 5.41) is 15.0. The lowest BCUT2D eigenvalue weighted by Crippen LogP contribution is -2.24. The SMILES string of the molecule is Cc1ccc(NC(=O)c2nnc(CCCC(=O)NCCC3=CCCCC3)s2)cc1. The van der Waals surface area contributed by atoms with Crippen LogP contribution in [0, 0.1) is 6.92 Å². The summed E-state index contributed by atoms with van der Waals surface area (Å²) in [6, 6.07) is 7.60. The molecule has 154 valence electrons. The monoisotopic (exact) mass is 412 g/mol. The Morgan fingerprint density at radius 1 is 1.10 bits per heavy atom. The second-order valence-corrected chi connectivity index (χ2v) is 8.44. The maximum absolute atomic E-state index is 12.3. The number of rotatable bonds is 9. The molecule has 0 unspecified atom stereocenters.